The highest BCUT2D eigenvalue weighted by Gasteiger charge is 2.09. The van der Waals surface area contributed by atoms with Crippen LogP contribution in [-0.2, 0) is 0 Å². The van der Waals surface area contributed by atoms with E-state index < -0.39 is 0 Å². The van der Waals surface area contributed by atoms with E-state index in [1.165, 1.54) is 5.56 Å². The number of hydrogen-bond acceptors (Lipinski definition) is 3. The Hall–Kier alpha value is -2.16. The van der Waals surface area contributed by atoms with Gasteiger partial charge in [-0.25, -0.2) is 0 Å². The van der Waals surface area contributed by atoms with E-state index in [-0.39, 0.29) is 0 Å². The summed E-state index contributed by atoms with van der Waals surface area (Å²) >= 11 is 0. The number of anilines is 1. The zero-order valence-corrected chi connectivity index (χ0v) is 12.3. The van der Waals surface area contributed by atoms with Crippen molar-refractivity contribution in [3.05, 3.63) is 42.0 Å². The summed E-state index contributed by atoms with van der Waals surface area (Å²) in [5.74, 6) is 1.53. The van der Waals surface area contributed by atoms with Gasteiger partial charge in [-0.1, -0.05) is 17.7 Å². The van der Waals surface area contributed by atoms with Crippen LogP contribution in [-0.4, -0.2) is 13.2 Å². The lowest BCUT2D eigenvalue weighted by atomic mass is 10.0. The second-order valence-corrected chi connectivity index (χ2v) is 4.62. The summed E-state index contributed by atoms with van der Waals surface area (Å²) in [6.07, 6.45) is 0. The van der Waals surface area contributed by atoms with E-state index in [0.29, 0.717) is 13.2 Å². The second-order valence-electron chi connectivity index (χ2n) is 4.62. The highest BCUT2D eigenvalue weighted by molar-refractivity contribution is 5.78. The summed E-state index contributed by atoms with van der Waals surface area (Å²) in [7, 11) is 0. The molecule has 0 aromatic heterocycles. The molecule has 2 N–H and O–H groups in total. The van der Waals surface area contributed by atoms with E-state index in [9.17, 15) is 0 Å². The molecule has 0 unspecified atom stereocenters. The largest absolute Gasteiger partial charge is 0.490 e. The lowest BCUT2D eigenvalue weighted by Gasteiger charge is -2.13. The van der Waals surface area contributed by atoms with E-state index in [4.69, 9.17) is 15.2 Å². The minimum Gasteiger partial charge on any atom is -0.490 e. The predicted molar refractivity (Wildman–Crippen MR) is 83.4 cm³/mol. The van der Waals surface area contributed by atoms with Crippen LogP contribution in [0.5, 0.6) is 11.5 Å². The molecule has 20 heavy (non-hydrogen) atoms. The van der Waals surface area contributed by atoms with E-state index in [1.807, 2.05) is 44.2 Å². The molecule has 0 radical (unpaired) electrons. The topological polar surface area (TPSA) is 44.5 Å². The Bertz CT molecular complexity index is 594. The van der Waals surface area contributed by atoms with Gasteiger partial charge in [0, 0.05) is 11.3 Å². The van der Waals surface area contributed by atoms with Crippen LogP contribution in [0.4, 0.5) is 5.69 Å². The average molecular weight is 271 g/mol. The third-order valence-electron chi connectivity index (χ3n) is 3.06. The summed E-state index contributed by atoms with van der Waals surface area (Å²) in [6, 6.07) is 12.0. The molecule has 2 aromatic carbocycles. The first-order valence-corrected chi connectivity index (χ1v) is 6.91. The average Bonchev–Trinajstić information content (AvgIpc) is 2.44. The molecule has 3 heteroatoms. The molecule has 0 atom stereocenters. The number of ether oxygens (including phenoxy) is 2. The second kappa shape index (κ2) is 6.33. The molecule has 0 amide bonds. The van der Waals surface area contributed by atoms with Gasteiger partial charge in [-0.05, 0) is 50.6 Å². The number of nitrogen functional groups attached to an aromatic ring is 1. The molecule has 0 fully saturated rings. The van der Waals surface area contributed by atoms with Crippen LogP contribution < -0.4 is 15.2 Å². The van der Waals surface area contributed by atoms with Gasteiger partial charge in [0.15, 0.2) is 11.5 Å². The standard InChI is InChI=1S/C17H21NO2/c1-4-19-16-9-7-13(11-17(16)20-5-2)14-10-12(3)6-8-15(14)18/h6-11H,4-5,18H2,1-3H3. The maximum absolute atomic E-state index is 6.07. The van der Waals surface area contributed by atoms with E-state index in [1.54, 1.807) is 0 Å². The van der Waals surface area contributed by atoms with Gasteiger partial charge < -0.3 is 15.2 Å². The maximum Gasteiger partial charge on any atom is 0.161 e. The lowest BCUT2D eigenvalue weighted by Crippen LogP contribution is -1.99. The number of hydrogen-bond donors (Lipinski definition) is 1. The molecule has 0 aliphatic heterocycles. The van der Waals surface area contributed by atoms with Gasteiger partial charge in [-0.2, -0.15) is 0 Å². The molecule has 0 aliphatic rings. The van der Waals surface area contributed by atoms with Crippen LogP contribution in [0, 0.1) is 6.92 Å². The van der Waals surface area contributed by atoms with E-state index >= 15 is 0 Å². The number of benzene rings is 2. The molecule has 0 saturated heterocycles. The van der Waals surface area contributed by atoms with Crippen molar-refractivity contribution in [3.63, 3.8) is 0 Å². The van der Waals surface area contributed by atoms with Crippen molar-refractivity contribution in [2.45, 2.75) is 20.8 Å². The Morgan fingerprint density at radius 1 is 0.900 bits per heavy atom. The van der Waals surface area contributed by atoms with Gasteiger partial charge in [0.25, 0.3) is 0 Å². The van der Waals surface area contributed by atoms with Crippen molar-refractivity contribution < 1.29 is 9.47 Å². The Morgan fingerprint density at radius 2 is 1.60 bits per heavy atom. The summed E-state index contributed by atoms with van der Waals surface area (Å²) in [5, 5.41) is 0. The molecule has 0 bridgehead atoms. The molecule has 0 aliphatic carbocycles. The fourth-order valence-electron chi connectivity index (χ4n) is 2.14. The third kappa shape index (κ3) is 3.05. The van der Waals surface area contributed by atoms with Crippen LogP contribution in [0.1, 0.15) is 19.4 Å². The first-order chi connectivity index (χ1) is 9.65. The first-order valence-electron chi connectivity index (χ1n) is 6.91. The summed E-state index contributed by atoms with van der Waals surface area (Å²) < 4.78 is 11.2. The predicted octanol–water partition coefficient (Wildman–Crippen LogP) is 4.04. The van der Waals surface area contributed by atoms with Crippen LogP contribution in [0.15, 0.2) is 36.4 Å². The number of nitrogens with two attached hydrogens (primary N) is 1. The smallest absolute Gasteiger partial charge is 0.161 e. The van der Waals surface area contributed by atoms with Crippen molar-refractivity contribution in [2.24, 2.45) is 0 Å². The van der Waals surface area contributed by atoms with Crippen molar-refractivity contribution >= 4 is 5.69 Å². The van der Waals surface area contributed by atoms with Gasteiger partial charge in [0.05, 0.1) is 13.2 Å². The van der Waals surface area contributed by atoms with E-state index in [0.717, 1.165) is 28.3 Å². The molecule has 0 saturated carbocycles. The van der Waals surface area contributed by atoms with Gasteiger partial charge in [-0.3, -0.25) is 0 Å². The molecular weight excluding hydrogens is 250 g/mol. The van der Waals surface area contributed by atoms with Crippen LogP contribution in [0.25, 0.3) is 11.1 Å². The van der Waals surface area contributed by atoms with Crippen LogP contribution in [0.2, 0.25) is 0 Å². The van der Waals surface area contributed by atoms with Gasteiger partial charge in [-0.15, -0.1) is 0 Å². The van der Waals surface area contributed by atoms with Crippen LogP contribution >= 0.6 is 0 Å². The number of rotatable bonds is 5. The fraction of sp³-hybridized carbons (Fsp3) is 0.294. The summed E-state index contributed by atoms with van der Waals surface area (Å²) in [5.41, 5.74) is 10.1. The SMILES string of the molecule is CCOc1ccc(-c2cc(C)ccc2N)cc1OCC. The van der Waals surface area contributed by atoms with Crippen molar-refractivity contribution in [3.8, 4) is 22.6 Å². The number of aryl methyl sites for hydroxylation is 1. The molecule has 2 aromatic rings. The van der Waals surface area contributed by atoms with Crippen molar-refractivity contribution in [1.82, 2.24) is 0 Å². The van der Waals surface area contributed by atoms with Crippen LogP contribution in [0.3, 0.4) is 0 Å². The van der Waals surface area contributed by atoms with Crippen molar-refractivity contribution in [1.29, 1.82) is 0 Å². The Balaban J connectivity index is 2.46. The molecule has 106 valence electrons. The normalized spacial score (nSPS) is 10.3. The Kier molecular flexibility index (Phi) is 4.51. The monoisotopic (exact) mass is 271 g/mol. The minimum absolute atomic E-state index is 0.604. The first kappa shape index (κ1) is 14.3. The molecular formula is C17H21NO2. The quantitative estimate of drug-likeness (QED) is 0.835. The zero-order valence-electron chi connectivity index (χ0n) is 12.3. The van der Waals surface area contributed by atoms with E-state index in [2.05, 4.69) is 13.0 Å². The fourth-order valence-corrected chi connectivity index (χ4v) is 2.14. The third-order valence-corrected chi connectivity index (χ3v) is 3.06. The Morgan fingerprint density at radius 3 is 2.30 bits per heavy atom. The Labute approximate surface area is 120 Å². The molecule has 0 spiro atoms. The van der Waals surface area contributed by atoms with Gasteiger partial charge >= 0.3 is 0 Å². The summed E-state index contributed by atoms with van der Waals surface area (Å²) in [6.45, 7) is 7.20. The minimum atomic E-state index is 0.604. The molecule has 0 heterocycles. The zero-order chi connectivity index (χ0) is 14.5. The maximum atomic E-state index is 6.07. The molecule has 3 nitrogen and oxygen atoms in total. The molecule has 2 rings (SSSR count). The lowest BCUT2D eigenvalue weighted by molar-refractivity contribution is 0.288. The highest BCUT2D eigenvalue weighted by Crippen LogP contribution is 2.35. The van der Waals surface area contributed by atoms with Gasteiger partial charge in [0.1, 0.15) is 0 Å². The summed E-state index contributed by atoms with van der Waals surface area (Å²) in [4.78, 5) is 0. The van der Waals surface area contributed by atoms with Crippen molar-refractivity contribution in [2.75, 3.05) is 18.9 Å². The van der Waals surface area contributed by atoms with Gasteiger partial charge in [0.2, 0.25) is 0 Å². The highest BCUT2D eigenvalue weighted by atomic mass is 16.5.